The van der Waals surface area contributed by atoms with Gasteiger partial charge in [-0.3, -0.25) is 0 Å². The minimum atomic E-state index is 0.545. The molecule has 1 N–H and O–H groups in total. The van der Waals surface area contributed by atoms with Gasteiger partial charge in [-0.25, -0.2) is 9.97 Å². The summed E-state index contributed by atoms with van der Waals surface area (Å²) in [7, 11) is 0. The Morgan fingerprint density at radius 3 is 2.74 bits per heavy atom. The first kappa shape index (κ1) is 14.3. The fourth-order valence-corrected chi connectivity index (χ4v) is 2.82. The van der Waals surface area contributed by atoms with Gasteiger partial charge in [-0.05, 0) is 37.3 Å². The van der Waals surface area contributed by atoms with Crippen molar-refractivity contribution in [3.05, 3.63) is 38.4 Å². The molecule has 0 saturated heterocycles. The minimum absolute atomic E-state index is 0.545. The van der Waals surface area contributed by atoms with E-state index in [2.05, 4.69) is 40.6 Å². The van der Waals surface area contributed by atoms with Crippen molar-refractivity contribution in [2.45, 2.75) is 40.2 Å². The number of thiophene rings is 1. The van der Waals surface area contributed by atoms with Crippen molar-refractivity contribution in [2.75, 3.05) is 5.32 Å². The molecular weight excluding hydrogens is 278 g/mol. The lowest BCUT2D eigenvalue weighted by Crippen LogP contribution is -2.07. The van der Waals surface area contributed by atoms with Crippen molar-refractivity contribution in [2.24, 2.45) is 0 Å². The summed E-state index contributed by atoms with van der Waals surface area (Å²) < 4.78 is 0. The van der Waals surface area contributed by atoms with Gasteiger partial charge in [-0.2, -0.15) is 0 Å². The van der Waals surface area contributed by atoms with Crippen LogP contribution in [0.2, 0.25) is 5.15 Å². The number of hydrogen-bond donors (Lipinski definition) is 1. The molecule has 0 aromatic carbocycles. The van der Waals surface area contributed by atoms with E-state index in [1.165, 1.54) is 10.4 Å². The molecule has 0 atom stereocenters. The Hall–Kier alpha value is -1.13. The van der Waals surface area contributed by atoms with Crippen molar-refractivity contribution in [3.63, 3.8) is 0 Å². The lowest BCUT2D eigenvalue weighted by Gasteiger charge is -2.11. The van der Waals surface area contributed by atoms with Crippen molar-refractivity contribution >= 4 is 28.8 Å². The van der Waals surface area contributed by atoms with Crippen molar-refractivity contribution in [3.8, 4) is 0 Å². The molecule has 0 radical (unpaired) electrons. The summed E-state index contributed by atoms with van der Waals surface area (Å²) in [5, 5.41) is 6.02. The second-order valence-corrected chi connectivity index (χ2v) is 5.89. The van der Waals surface area contributed by atoms with E-state index in [0.717, 1.165) is 36.6 Å². The first-order chi connectivity index (χ1) is 9.11. The van der Waals surface area contributed by atoms with Gasteiger partial charge < -0.3 is 5.32 Å². The van der Waals surface area contributed by atoms with E-state index in [-0.39, 0.29) is 0 Å². The van der Waals surface area contributed by atoms with E-state index in [0.29, 0.717) is 5.15 Å². The molecule has 2 aromatic rings. The van der Waals surface area contributed by atoms with Crippen LogP contribution in [0.1, 0.15) is 35.2 Å². The second-order valence-electron chi connectivity index (χ2n) is 4.53. The molecule has 0 aliphatic carbocycles. The van der Waals surface area contributed by atoms with Crippen LogP contribution in [0.4, 0.5) is 5.82 Å². The normalized spacial score (nSPS) is 10.7. The van der Waals surface area contributed by atoms with Crippen LogP contribution in [0.15, 0.2) is 11.4 Å². The summed E-state index contributed by atoms with van der Waals surface area (Å²) in [4.78, 5) is 10.2. The highest BCUT2D eigenvalue weighted by Gasteiger charge is 2.09. The Kier molecular flexibility index (Phi) is 4.77. The van der Waals surface area contributed by atoms with Crippen LogP contribution in [-0.4, -0.2) is 9.97 Å². The monoisotopic (exact) mass is 295 g/mol. The van der Waals surface area contributed by atoms with Gasteiger partial charge >= 0.3 is 0 Å². The molecule has 0 bridgehead atoms. The van der Waals surface area contributed by atoms with Gasteiger partial charge in [0.25, 0.3) is 0 Å². The van der Waals surface area contributed by atoms with Gasteiger partial charge in [0.15, 0.2) is 0 Å². The van der Waals surface area contributed by atoms with Crippen LogP contribution >= 0.6 is 22.9 Å². The first-order valence-electron chi connectivity index (χ1n) is 6.41. The van der Waals surface area contributed by atoms with E-state index < -0.39 is 0 Å². The number of rotatable bonds is 5. The molecule has 0 aliphatic rings. The molecule has 0 unspecified atom stereocenters. The molecule has 2 heterocycles. The van der Waals surface area contributed by atoms with Gasteiger partial charge in [0, 0.05) is 16.9 Å². The minimum Gasteiger partial charge on any atom is -0.365 e. The lowest BCUT2D eigenvalue weighted by molar-refractivity contribution is 0.830. The zero-order valence-corrected chi connectivity index (χ0v) is 13.0. The standard InChI is InChI=1S/C14H18ClN3S/c1-4-5-12-17-13(15)10(3)14(18-12)16-8-11-9(2)6-7-19-11/h6-7H,4-5,8H2,1-3H3,(H,16,17,18). The van der Waals surface area contributed by atoms with E-state index in [4.69, 9.17) is 11.6 Å². The van der Waals surface area contributed by atoms with Gasteiger partial charge in [0.05, 0.1) is 6.54 Å². The summed E-state index contributed by atoms with van der Waals surface area (Å²) in [6.45, 7) is 6.96. The van der Waals surface area contributed by atoms with Crippen LogP contribution in [-0.2, 0) is 13.0 Å². The third-order valence-corrected chi connectivity index (χ3v) is 4.38. The van der Waals surface area contributed by atoms with Crippen LogP contribution in [0.25, 0.3) is 0 Å². The fourth-order valence-electron chi connectivity index (χ4n) is 1.79. The van der Waals surface area contributed by atoms with E-state index >= 15 is 0 Å². The number of halogens is 1. The molecule has 0 spiro atoms. The maximum absolute atomic E-state index is 6.16. The van der Waals surface area contributed by atoms with Gasteiger partial charge in [-0.15, -0.1) is 11.3 Å². The molecule has 0 saturated carbocycles. The van der Waals surface area contributed by atoms with E-state index in [1.807, 2.05) is 6.92 Å². The topological polar surface area (TPSA) is 37.8 Å². The highest BCUT2D eigenvalue weighted by Crippen LogP contribution is 2.22. The molecule has 0 fully saturated rings. The lowest BCUT2D eigenvalue weighted by atomic mass is 10.2. The second kappa shape index (κ2) is 6.35. The number of anilines is 1. The summed E-state index contributed by atoms with van der Waals surface area (Å²) in [6, 6.07) is 2.13. The van der Waals surface area contributed by atoms with E-state index in [9.17, 15) is 0 Å². The zero-order valence-electron chi connectivity index (χ0n) is 11.5. The third kappa shape index (κ3) is 3.45. The third-order valence-electron chi connectivity index (χ3n) is 2.99. The molecule has 2 rings (SSSR count). The highest BCUT2D eigenvalue weighted by molar-refractivity contribution is 7.10. The highest BCUT2D eigenvalue weighted by atomic mass is 35.5. The molecule has 19 heavy (non-hydrogen) atoms. The number of nitrogens with one attached hydrogen (secondary N) is 1. The number of aromatic nitrogens is 2. The maximum atomic E-state index is 6.16. The Morgan fingerprint density at radius 1 is 1.32 bits per heavy atom. The number of hydrogen-bond acceptors (Lipinski definition) is 4. The first-order valence-corrected chi connectivity index (χ1v) is 7.67. The number of aryl methyl sites for hydroxylation is 2. The molecule has 2 aromatic heterocycles. The van der Waals surface area contributed by atoms with Crippen LogP contribution in [0.3, 0.4) is 0 Å². The Balaban J connectivity index is 2.17. The van der Waals surface area contributed by atoms with Crippen molar-refractivity contribution in [1.82, 2.24) is 9.97 Å². The summed E-state index contributed by atoms with van der Waals surface area (Å²) in [5.74, 6) is 1.65. The van der Waals surface area contributed by atoms with Crippen molar-refractivity contribution in [1.29, 1.82) is 0 Å². The van der Waals surface area contributed by atoms with Crippen LogP contribution in [0.5, 0.6) is 0 Å². The predicted octanol–water partition coefficient (Wildman–Crippen LogP) is 4.37. The zero-order chi connectivity index (χ0) is 13.8. The summed E-state index contributed by atoms with van der Waals surface area (Å²) >= 11 is 7.91. The molecule has 0 aliphatic heterocycles. The Labute approximate surface area is 123 Å². The molecule has 0 amide bonds. The molecule has 3 nitrogen and oxygen atoms in total. The SMILES string of the molecule is CCCc1nc(Cl)c(C)c(NCc2sccc2C)n1. The van der Waals surface area contributed by atoms with Crippen LogP contribution < -0.4 is 5.32 Å². The predicted molar refractivity (Wildman–Crippen MR) is 82.2 cm³/mol. The smallest absolute Gasteiger partial charge is 0.137 e. The molecule has 102 valence electrons. The van der Waals surface area contributed by atoms with Gasteiger partial charge in [0.1, 0.15) is 16.8 Å². The molecule has 5 heteroatoms. The largest absolute Gasteiger partial charge is 0.365 e. The Bertz CT molecular complexity index is 566. The Morgan fingerprint density at radius 2 is 2.11 bits per heavy atom. The van der Waals surface area contributed by atoms with Crippen molar-refractivity contribution < 1.29 is 0 Å². The fraction of sp³-hybridized carbons (Fsp3) is 0.429. The van der Waals surface area contributed by atoms with Crippen LogP contribution in [0, 0.1) is 13.8 Å². The summed E-state index contributed by atoms with van der Waals surface area (Å²) in [5.41, 5.74) is 2.22. The van der Waals surface area contributed by atoms with Gasteiger partial charge in [-0.1, -0.05) is 18.5 Å². The average molecular weight is 296 g/mol. The summed E-state index contributed by atoms with van der Waals surface area (Å²) in [6.07, 6.45) is 1.87. The quantitative estimate of drug-likeness (QED) is 0.832. The average Bonchev–Trinajstić information content (AvgIpc) is 2.78. The number of nitrogens with zero attached hydrogens (tertiary/aromatic N) is 2. The maximum Gasteiger partial charge on any atom is 0.137 e. The molecular formula is C14H18ClN3S. The van der Waals surface area contributed by atoms with E-state index in [1.54, 1.807) is 11.3 Å². The van der Waals surface area contributed by atoms with Gasteiger partial charge in [0.2, 0.25) is 0 Å².